The number of nitriles is 1. The summed E-state index contributed by atoms with van der Waals surface area (Å²) in [5.41, 5.74) is 1.24. The van der Waals surface area contributed by atoms with Crippen molar-refractivity contribution in [1.29, 1.82) is 5.26 Å². The average molecular weight is 190 g/mol. The zero-order chi connectivity index (χ0) is 10.6. The van der Waals surface area contributed by atoms with Gasteiger partial charge in [-0.25, -0.2) is 4.79 Å². The lowest BCUT2D eigenvalue weighted by molar-refractivity contribution is 0.153. The summed E-state index contributed by atoms with van der Waals surface area (Å²) in [6, 6.07) is 8.98. The average Bonchev–Trinajstić information content (AvgIpc) is 2.18. The van der Waals surface area contributed by atoms with Crippen molar-refractivity contribution in [3.63, 3.8) is 0 Å². The molecule has 0 saturated heterocycles. The smallest absolute Gasteiger partial charge is 0.407 e. The number of hydrogen-bond acceptors (Lipinski definition) is 2. The molecule has 0 radical (unpaired) electrons. The second-order valence-electron chi connectivity index (χ2n) is 2.91. The molecular weight excluding hydrogens is 180 g/mol. The summed E-state index contributed by atoms with van der Waals surface area (Å²) >= 11 is 0. The fraction of sp³-hybridized carbons (Fsp3) is 0.200. The molecule has 4 nitrogen and oxygen atoms in total. The summed E-state index contributed by atoms with van der Waals surface area (Å²) < 4.78 is 0. The summed E-state index contributed by atoms with van der Waals surface area (Å²) in [4.78, 5) is 11.7. The van der Waals surface area contributed by atoms with Crippen LogP contribution in [-0.2, 0) is 6.54 Å². The van der Waals surface area contributed by atoms with Crippen molar-refractivity contribution < 1.29 is 9.90 Å². The highest BCUT2D eigenvalue weighted by Crippen LogP contribution is 2.09. The highest BCUT2D eigenvalue weighted by atomic mass is 16.4. The third-order valence-corrected chi connectivity index (χ3v) is 1.87. The number of hydrogen-bond donors (Lipinski definition) is 1. The molecule has 1 N–H and O–H groups in total. The molecule has 0 aliphatic heterocycles. The molecule has 0 unspecified atom stereocenters. The Bertz CT molecular complexity index is 382. The van der Waals surface area contributed by atoms with Gasteiger partial charge in [0.2, 0.25) is 0 Å². The molecule has 1 rings (SSSR count). The molecule has 0 spiro atoms. The minimum atomic E-state index is -1.00. The van der Waals surface area contributed by atoms with Gasteiger partial charge >= 0.3 is 6.09 Å². The normalized spacial score (nSPS) is 9.14. The van der Waals surface area contributed by atoms with E-state index in [1.54, 1.807) is 24.3 Å². The van der Waals surface area contributed by atoms with E-state index in [1.165, 1.54) is 7.05 Å². The van der Waals surface area contributed by atoms with Crippen LogP contribution >= 0.6 is 0 Å². The van der Waals surface area contributed by atoms with Gasteiger partial charge in [0.25, 0.3) is 0 Å². The van der Waals surface area contributed by atoms with Crippen molar-refractivity contribution >= 4 is 6.09 Å². The van der Waals surface area contributed by atoms with Crippen LogP contribution in [0.3, 0.4) is 0 Å². The largest absolute Gasteiger partial charge is 0.465 e. The van der Waals surface area contributed by atoms with Crippen LogP contribution in [0.5, 0.6) is 0 Å². The van der Waals surface area contributed by atoms with E-state index in [1.807, 2.05) is 6.07 Å². The summed E-state index contributed by atoms with van der Waals surface area (Å²) in [5, 5.41) is 17.4. The Morgan fingerprint density at radius 2 is 2.21 bits per heavy atom. The second-order valence-corrected chi connectivity index (χ2v) is 2.91. The van der Waals surface area contributed by atoms with Gasteiger partial charge in [-0.15, -0.1) is 0 Å². The van der Waals surface area contributed by atoms with Crippen molar-refractivity contribution in [3.05, 3.63) is 35.4 Å². The molecule has 14 heavy (non-hydrogen) atoms. The lowest BCUT2D eigenvalue weighted by atomic mass is 10.1. The first kappa shape index (κ1) is 10.1. The molecule has 0 aliphatic rings. The molecule has 0 aliphatic carbocycles. The van der Waals surface area contributed by atoms with E-state index in [2.05, 4.69) is 0 Å². The Morgan fingerprint density at radius 3 is 2.79 bits per heavy atom. The third-order valence-electron chi connectivity index (χ3n) is 1.87. The Labute approximate surface area is 82.0 Å². The third kappa shape index (κ3) is 2.23. The minimum absolute atomic E-state index is 0.235. The first-order valence-corrected chi connectivity index (χ1v) is 4.07. The quantitative estimate of drug-likeness (QED) is 0.771. The number of benzene rings is 1. The van der Waals surface area contributed by atoms with Crippen molar-refractivity contribution in [2.75, 3.05) is 7.05 Å². The lowest BCUT2D eigenvalue weighted by Gasteiger charge is -2.13. The number of amides is 1. The molecule has 0 atom stereocenters. The lowest BCUT2D eigenvalue weighted by Crippen LogP contribution is -2.24. The van der Waals surface area contributed by atoms with E-state index in [0.717, 1.165) is 10.5 Å². The van der Waals surface area contributed by atoms with Gasteiger partial charge in [0.05, 0.1) is 11.6 Å². The highest BCUT2D eigenvalue weighted by Gasteiger charge is 2.08. The highest BCUT2D eigenvalue weighted by molar-refractivity contribution is 5.64. The van der Waals surface area contributed by atoms with Gasteiger partial charge in [-0.1, -0.05) is 18.2 Å². The van der Waals surface area contributed by atoms with Crippen LogP contribution in [0.15, 0.2) is 24.3 Å². The number of rotatable bonds is 2. The summed E-state index contributed by atoms with van der Waals surface area (Å²) in [5.74, 6) is 0. The minimum Gasteiger partial charge on any atom is -0.465 e. The zero-order valence-corrected chi connectivity index (χ0v) is 7.77. The van der Waals surface area contributed by atoms with Crippen LogP contribution in [0.1, 0.15) is 11.1 Å². The zero-order valence-electron chi connectivity index (χ0n) is 7.77. The molecule has 0 fully saturated rings. The SMILES string of the molecule is CN(Cc1ccccc1C#N)C(=O)O. The van der Waals surface area contributed by atoms with Gasteiger partial charge in [-0.2, -0.15) is 5.26 Å². The van der Waals surface area contributed by atoms with Crippen LogP contribution < -0.4 is 0 Å². The maximum Gasteiger partial charge on any atom is 0.407 e. The van der Waals surface area contributed by atoms with Gasteiger partial charge < -0.3 is 10.0 Å². The van der Waals surface area contributed by atoms with Gasteiger partial charge in [0, 0.05) is 13.6 Å². The van der Waals surface area contributed by atoms with E-state index in [-0.39, 0.29) is 6.54 Å². The molecule has 0 bridgehead atoms. The molecule has 1 amide bonds. The monoisotopic (exact) mass is 190 g/mol. The number of carboxylic acid groups (broad SMARTS) is 1. The molecular formula is C10H10N2O2. The first-order chi connectivity index (χ1) is 6.65. The van der Waals surface area contributed by atoms with Crippen molar-refractivity contribution in [1.82, 2.24) is 4.90 Å². The Morgan fingerprint density at radius 1 is 1.57 bits per heavy atom. The fourth-order valence-electron chi connectivity index (χ4n) is 1.09. The molecule has 1 aromatic rings. The Hall–Kier alpha value is -2.02. The van der Waals surface area contributed by atoms with Crippen molar-refractivity contribution in [2.24, 2.45) is 0 Å². The summed E-state index contributed by atoms with van der Waals surface area (Å²) in [6.07, 6.45) is -1.00. The van der Waals surface area contributed by atoms with Crippen molar-refractivity contribution in [3.8, 4) is 6.07 Å². The molecule has 72 valence electrons. The maximum absolute atomic E-state index is 10.5. The van der Waals surface area contributed by atoms with Gasteiger partial charge in [0.1, 0.15) is 0 Å². The van der Waals surface area contributed by atoms with Crippen LogP contribution in [0, 0.1) is 11.3 Å². The summed E-state index contributed by atoms with van der Waals surface area (Å²) in [6.45, 7) is 0.235. The van der Waals surface area contributed by atoms with Gasteiger partial charge in [-0.3, -0.25) is 0 Å². The number of carbonyl (C=O) groups is 1. The van der Waals surface area contributed by atoms with Crippen LogP contribution in [0.2, 0.25) is 0 Å². The van der Waals surface area contributed by atoms with E-state index >= 15 is 0 Å². The van der Waals surface area contributed by atoms with Crippen LogP contribution in [-0.4, -0.2) is 23.1 Å². The number of nitrogens with zero attached hydrogens (tertiary/aromatic N) is 2. The predicted molar refractivity (Wildman–Crippen MR) is 50.6 cm³/mol. The molecule has 1 aromatic carbocycles. The Balaban J connectivity index is 2.87. The molecule has 0 saturated carbocycles. The molecule has 4 heteroatoms. The fourth-order valence-corrected chi connectivity index (χ4v) is 1.09. The van der Waals surface area contributed by atoms with Crippen LogP contribution in [0.4, 0.5) is 4.79 Å². The van der Waals surface area contributed by atoms with E-state index in [4.69, 9.17) is 10.4 Å². The summed E-state index contributed by atoms with van der Waals surface area (Å²) in [7, 11) is 1.47. The maximum atomic E-state index is 10.5. The standard InChI is InChI=1S/C10H10N2O2/c1-12(10(13)14)7-9-5-3-2-4-8(9)6-11/h2-5H,7H2,1H3,(H,13,14). The second kappa shape index (κ2) is 4.28. The van der Waals surface area contributed by atoms with E-state index < -0.39 is 6.09 Å². The predicted octanol–water partition coefficient (Wildman–Crippen LogP) is 1.67. The molecule has 0 aromatic heterocycles. The molecule has 0 heterocycles. The van der Waals surface area contributed by atoms with Crippen LogP contribution in [0.25, 0.3) is 0 Å². The van der Waals surface area contributed by atoms with E-state index in [0.29, 0.717) is 5.56 Å². The topological polar surface area (TPSA) is 64.3 Å². The van der Waals surface area contributed by atoms with Gasteiger partial charge in [0.15, 0.2) is 0 Å². The Kier molecular flexibility index (Phi) is 3.08. The van der Waals surface area contributed by atoms with Crippen molar-refractivity contribution in [2.45, 2.75) is 6.54 Å². The van der Waals surface area contributed by atoms with E-state index in [9.17, 15) is 4.79 Å². The first-order valence-electron chi connectivity index (χ1n) is 4.07. The van der Waals surface area contributed by atoms with Gasteiger partial charge in [-0.05, 0) is 11.6 Å².